The molecule has 1 aromatic heterocycles. The number of anilines is 1. The average Bonchev–Trinajstić information content (AvgIpc) is 2.63. The fourth-order valence-electron chi connectivity index (χ4n) is 1.76. The van der Waals surface area contributed by atoms with E-state index in [1.165, 1.54) is 10.9 Å². The van der Waals surface area contributed by atoms with Gasteiger partial charge in [-0.2, -0.15) is 5.10 Å². The Kier molecular flexibility index (Phi) is 2.71. The Hall–Kier alpha value is -2.10. The molecule has 0 amide bonds. The molecule has 1 heterocycles. The van der Waals surface area contributed by atoms with Crippen molar-refractivity contribution in [3.8, 4) is 0 Å². The molecule has 88 valence electrons. The summed E-state index contributed by atoms with van der Waals surface area (Å²) in [6, 6.07) is 5.68. The lowest BCUT2D eigenvalue weighted by molar-refractivity contribution is 0.103. The normalized spacial score (nSPS) is 10.5. The summed E-state index contributed by atoms with van der Waals surface area (Å²) in [5.74, 6) is 0.327. The monoisotopic (exact) mass is 229 g/mol. The van der Waals surface area contributed by atoms with Crippen LogP contribution in [0.2, 0.25) is 0 Å². The zero-order valence-electron chi connectivity index (χ0n) is 10.2. The van der Waals surface area contributed by atoms with Crippen molar-refractivity contribution in [1.82, 2.24) is 9.78 Å². The number of rotatable bonds is 2. The maximum Gasteiger partial charge on any atom is 0.198 e. The number of carbonyl (C=O) groups excluding carboxylic acids is 1. The molecule has 0 bridgehead atoms. The van der Waals surface area contributed by atoms with E-state index in [1.807, 2.05) is 32.0 Å². The minimum absolute atomic E-state index is 0.0724. The second-order valence-corrected chi connectivity index (χ2v) is 4.14. The number of ketones is 1. The molecule has 0 saturated carbocycles. The number of aryl methyl sites for hydroxylation is 2. The van der Waals surface area contributed by atoms with E-state index in [0.717, 1.165) is 11.1 Å². The highest BCUT2D eigenvalue weighted by atomic mass is 16.1. The third-order valence-electron chi connectivity index (χ3n) is 3.08. The predicted octanol–water partition coefficient (Wildman–Crippen LogP) is 1.85. The molecule has 0 aliphatic heterocycles. The summed E-state index contributed by atoms with van der Waals surface area (Å²) in [5, 5.41) is 3.99. The van der Waals surface area contributed by atoms with Gasteiger partial charge in [0.25, 0.3) is 0 Å². The lowest BCUT2D eigenvalue weighted by Gasteiger charge is -2.07. The standard InChI is InChI=1S/C13H15N3O/c1-8-5-4-6-10(9(8)2)12(17)11-7-15-16(3)13(11)14/h4-7H,14H2,1-3H3. The molecule has 2 aromatic rings. The number of nitrogens with two attached hydrogens (primary N) is 1. The van der Waals surface area contributed by atoms with Crippen molar-refractivity contribution in [1.29, 1.82) is 0 Å². The zero-order chi connectivity index (χ0) is 12.6. The first-order chi connectivity index (χ1) is 8.02. The van der Waals surface area contributed by atoms with Gasteiger partial charge in [-0.1, -0.05) is 18.2 Å². The third kappa shape index (κ3) is 1.82. The summed E-state index contributed by atoms with van der Waals surface area (Å²) in [7, 11) is 1.72. The van der Waals surface area contributed by atoms with E-state index in [4.69, 9.17) is 5.73 Å². The van der Waals surface area contributed by atoms with Crippen molar-refractivity contribution < 1.29 is 4.79 Å². The molecule has 2 rings (SSSR count). The van der Waals surface area contributed by atoms with Crippen LogP contribution in [0, 0.1) is 13.8 Å². The van der Waals surface area contributed by atoms with E-state index >= 15 is 0 Å². The highest BCUT2D eigenvalue weighted by Gasteiger charge is 2.17. The van der Waals surface area contributed by atoms with E-state index < -0.39 is 0 Å². The molecule has 0 radical (unpaired) electrons. The van der Waals surface area contributed by atoms with Crippen LogP contribution in [0.1, 0.15) is 27.0 Å². The smallest absolute Gasteiger partial charge is 0.198 e. The van der Waals surface area contributed by atoms with E-state index in [-0.39, 0.29) is 5.78 Å². The van der Waals surface area contributed by atoms with Crippen molar-refractivity contribution in [2.45, 2.75) is 13.8 Å². The predicted molar refractivity (Wildman–Crippen MR) is 67.0 cm³/mol. The van der Waals surface area contributed by atoms with Crippen molar-refractivity contribution in [3.05, 3.63) is 46.6 Å². The molecule has 0 unspecified atom stereocenters. The van der Waals surface area contributed by atoms with Gasteiger partial charge < -0.3 is 5.73 Å². The van der Waals surface area contributed by atoms with Crippen LogP contribution in [0.3, 0.4) is 0 Å². The van der Waals surface area contributed by atoms with Crippen LogP contribution in [0.5, 0.6) is 0 Å². The summed E-state index contributed by atoms with van der Waals surface area (Å²) in [6.45, 7) is 3.92. The fourth-order valence-corrected chi connectivity index (χ4v) is 1.76. The maximum absolute atomic E-state index is 12.3. The minimum Gasteiger partial charge on any atom is -0.383 e. The Balaban J connectivity index is 2.51. The third-order valence-corrected chi connectivity index (χ3v) is 3.08. The van der Waals surface area contributed by atoms with Crippen LogP contribution in [-0.4, -0.2) is 15.6 Å². The second kappa shape index (κ2) is 4.05. The van der Waals surface area contributed by atoms with Crippen molar-refractivity contribution in [3.63, 3.8) is 0 Å². The Labute approximate surface area is 100 Å². The molecule has 0 atom stereocenters. The van der Waals surface area contributed by atoms with Crippen molar-refractivity contribution in [2.24, 2.45) is 7.05 Å². The molecule has 0 spiro atoms. The van der Waals surface area contributed by atoms with Crippen LogP contribution < -0.4 is 5.73 Å². The van der Waals surface area contributed by atoms with Crippen LogP contribution in [0.25, 0.3) is 0 Å². The molecule has 2 N–H and O–H groups in total. The summed E-state index contributed by atoms with van der Waals surface area (Å²) in [6.07, 6.45) is 1.51. The zero-order valence-corrected chi connectivity index (χ0v) is 10.2. The molecule has 0 aliphatic rings. The Morgan fingerprint density at radius 3 is 2.59 bits per heavy atom. The van der Waals surface area contributed by atoms with Gasteiger partial charge in [0.05, 0.1) is 11.8 Å². The van der Waals surface area contributed by atoms with Crippen LogP contribution in [-0.2, 0) is 7.05 Å². The number of hydrogen-bond donors (Lipinski definition) is 1. The first-order valence-electron chi connectivity index (χ1n) is 5.40. The lowest BCUT2D eigenvalue weighted by atomic mass is 9.97. The van der Waals surface area contributed by atoms with Gasteiger partial charge in [-0.25, -0.2) is 0 Å². The van der Waals surface area contributed by atoms with Crippen LogP contribution >= 0.6 is 0 Å². The van der Waals surface area contributed by atoms with Gasteiger partial charge >= 0.3 is 0 Å². The highest BCUT2D eigenvalue weighted by Crippen LogP contribution is 2.20. The lowest BCUT2D eigenvalue weighted by Crippen LogP contribution is -2.08. The molecule has 17 heavy (non-hydrogen) atoms. The number of carbonyl (C=O) groups is 1. The molecular formula is C13H15N3O. The second-order valence-electron chi connectivity index (χ2n) is 4.14. The van der Waals surface area contributed by atoms with E-state index in [2.05, 4.69) is 5.10 Å². The Bertz CT molecular complexity index is 584. The number of hydrogen-bond acceptors (Lipinski definition) is 3. The summed E-state index contributed by atoms with van der Waals surface area (Å²) >= 11 is 0. The van der Waals surface area contributed by atoms with Crippen molar-refractivity contribution >= 4 is 11.6 Å². The number of nitrogen functional groups attached to an aromatic ring is 1. The van der Waals surface area contributed by atoms with E-state index in [9.17, 15) is 4.79 Å². The Morgan fingerprint density at radius 2 is 2.00 bits per heavy atom. The first-order valence-corrected chi connectivity index (χ1v) is 5.40. The van der Waals surface area contributed by atoms with Gasteiger partial charge in [0.15, 0.2) is 5.78 Å². The van der Waals surface area contributed by atoms with Gasteiger partial charge in [-0.3, -0.25) is 9.48 Å². The number of aromatic nitrogens is 2. The molecule has 0 aliphatic carbocycles. The topological polar surface area (TPSA) is 60.9 Å². The van der Waals surface area contributed by atoms with Gasteiger partial charge in [-0.05, 0) is 25.0 Å². The summed E-state index contributed by atoms with van der Waals surface area (Å²) in [5.41, 5.74) is 9.04. The van der Waals surface area contributed by atoms with E-state index in [1.54, 1.807) is 7.05 Å². The molecule has 0 saturated heterocycles. The maximum atomic E-state index is 12.3. The Morgan fingerprint density at radius 1 is 1.29 bits per heavy atom. The quantitative estimate of drug-likeness (QED) is 0.799. The first kappa shape index (κ1) is 11.4. The largest absolute Gasteiger partial charge is 0.383 e. The summed E-state index contributed by atoms with van der Waals surface area (Å²) in [4.78, 5) is 12.3. The van der Waals surface area contributed by atoms with Crippen LogP contribution in [0.15, 0.2) is 24.4 Å². The van der Waals surface area contributed by atoms with Crippen LogP contribution in [0.4, 0.5) is 5.82 Å². The minimum atomic E-state index is -0.0724. The van der Waals surface area contributed by atoms with Gasteiger partial charge in [0, 0.05) is 12.6 Å². The van der Waals surface area contributed by atoms with Gasteiger partial charge in [0.1, 0.15) is 5.82 Å². The molecular weight excluding hydrogens is 214 g/mol. The average molecular weight is 229 g/mol. The molecule has 0 fully saturated rings. The number of nitrogens with zero attached hydrogens (tertiary/aromatic N) is 2. The molecule has 4 heteroatoms. The number of benzene rings is 1. The molecule has 1 aromatic carbocycles. The SMILES string of the molecule is Cc1cccc(C(=O)c2cnn(C)c2N)c1C. The highest BCUT2D eigenvalue weighted by molar-refractivity contribution is 6.12. The fraction of sp³-hybridized carbons (Fsp3) is 0.231. The summed E-state index contributed by atoms with van der Waals surface area (Å²) < 4.78 is 1.50. The molecule has 4 nitrogen and oxygen atoms in total. The van der Waals surface area contributed by atoms with Gasteiger partial charge in [0.2, 0.25) is 0 Å². The van der Waals surface area contributed by atoms with E-state index in [0.29, 0.717) is 16.9 Å². The van der Waals surface area contributed by atoms with Crippen molar-refractivity contribution in [2.75, 3.05) is 5.73 Å². The van der Waals surface area contributed by atoms with Gasteiger partial charge in [-0.15, -0.1) is 0 Å².